The van der Waals surface area contributed by atoms with Gasteiger partial charge in [-0.05, 0) is 36.5 Å². The zero-order chi connectivity index (χ0) is 13.8. The van der Waals surface area contributed by atoms with Crippen LogP contribution in [0.25, 0.3) is 0 Å². The van der Waals surface area contributed by atoms with Gasteiger partial charge in [-0.3, -0.25) is 4.90 Å². The molecule has 0 spiro atoms. The third kappa shape index (κ3) is 3.48. The summed E-state index contributed by atoms with van der Waals surface area (Å²) in [6, 6.07) is 7.85. The predicted molar refractivity (Wildman–Crippen MR) is 75.9 cm³/mol. The second kappa shape index (κ2) is 6.08. The molecule has 0 aliphatic carbocycles. The molecule has 1 fully saturated rings. The maximum atomic E-state index is 9.01. The monoisotopic (exact) mass is 258 g/mol. The molecule has 0 N–H and O–H groups in total. The van der Waals surface area contributed by atoms with E-state index < -0.39 is 0 Å². The number of nitrogens with zero attached hydrogens (tertiary/aromatic N) is 2. The molecule has 3 heteroatoms. The molecule has 19 heavy (non-hydrogen) atoms. The van der Waals surface area contributed by atoms with Crippen LogP contribution in [0, 0.1) is 23.2 Å². The van der Waals surface area contributed by atoms with E-state index in [0.29, 0.717) is 5.56 Å². The van der Waals surface area contributed by atoms with E-state index in [1.165, 1.54) is 6.42 Å². The molecule has 1 aromatic rings. The number of likely N-dealkylation sites (tertiary alicyclic amines) is 1. The van der Waals surface area contributed by atoms with Gasteiger partial charge in [0.25, 0.3) is 0 Å². The van der Waals surface area contributed by atoms with Crippen molar-refractivity contribution in [1.29, 1.82) is 5.26 Å². The lowest BCUT2D eigenvalue weighted by molar-refractivity contribution is 0.133. The molecule has 102 valence electrons. The molecule has 0 saturated carbocycles. The van der Waals surface area contributed by atoms with Crippen molar-refractivity contribution in [3.8, 4) is 11.8 Å². The van der Waals surface area contributed by atoms with E-state index in [1.807, 2.05) is 18.2 Å². The Balaban J connectivity index is 2.15. The van der Waals surface area contributed by atoms with Crippen LogP contribution in [-0.2, 0) is 6.54 Å². The highest BCUT2D eigenvalue weighted by atomic mass is 16.5. The first-order valence-corrected chi connectivity index (χ1v) is 6.91. The molecule has 0 bridgehead atoms. The SMILES string of the molecule is COc1ccc(C#N)cc1CN1CC(C)CC(C)C1. The van der Waals surface area contributed by atoms with Gasteiger partial charge in [0.15, 0.2) is 0 Å². The van der Waals surface area contributed by atoms with E-state index >= 15 is 0 Å². The molecule has 1 aliphatic rings. The van der Waals surface area contributed by atoms with Crippen molar-refractivity contribution >= 4 is 0 Å². The lowest BCUT2D eigenvalue weighted by Crippen LogP contribution is -2.38. The van der Waals surface area contributed by atoms with E-state index in [1.54, 1.807) is 7.11 Å². The predicted octanol–water partition coefficient (Wildman–Crippen LogP) is 3.04. The van der Waals surface area contributed by atoms with Gasteiger partial charge in [0.2, 0.25) is 0 Å². The zero-order valence-corrected chi connectivity index (χ0v) is 12.0. The molecule has 1 heterocycles. The fraction of sp³-hybridized carbons (Fsp3) is 0.562. The summed E-state index contributed by atoms with van der Waals surface area (Å²) >= 11 is 0. The maximum Gasteiger partial charge on any atom is 0.123 e. The van der Waals surface area contributed by atoms with Gasteiger partial charge in [-0.1, -0.05) is 13.8 Å². The second-order valence-electron chi connectivity index (χ2n) is 5.78. The Kier molecular flexibility index (Phi) is 4.44. The number of benzene rings is 1. The molecule has 1 aliphatic heterocycles. The van der Waals surface area contributed by atoms with E-state index in [2.05, 4.69) is 24.8 Å². The molecule has 3 nitrogen and oxygen atoms in total. The Labute approximate surface area is 115 Å². The van der Waals surface area contributed by atoms with Crippen LogP contribution in [0.4, 0.5) is 0 Å². The summed E-state index contributed by atoms with van der Waals surface area (Å²) in [7, 11) is 1.69. The molecule has 2 unspecified atom stereocenters. The first kappa shape index (κ1) is 13.9. The van der Waals surface area contributed by atoms with Crippen molar-refractivity contribution in [2.24, 2.45) is 11.8 Å². The molecule has 0 radical (unpaired) electrons. The summed E-state index contributed by atoms with van der Waals surface area (Å²) in [6.45, 7) is 7.75. The van der Waals surface area contributed by atoms with Gasteiger partial charge < -0.3 is 4.74 Å². The summed E-state index contributed by atoms with van der Waals surface area (Å²) in [5, 5.41) is 9.01. The highest BCUT2D eigenvalue weighted by Gasteiger charge is 2.22. The van der Waals surface area contributed by atoms with Gasteiger partial charge in [-0.2, -0.15) is 5.26 Å². The first-order chi connectivity index (χ1) is 9.12. The molecule has 1 aromatic carbocycles. The number of hydrogen-bond acceptors (Lipinski definition) is 3. The van der Waals surface area contributed by atoms with Crippen molar-refractivity contribution < 1.29 is 4.74 Å². The van der Waals surface area contributed by atoms with Gasteiger partial charge in [0, 0.05) is 25.2 Å². The van der Waals surface area contributed by atoms with Crippen LogP contribution in [0.1, 0.15) is 31.4 Å². The summed E-state index contributed by atoms with van der Waals surface area (Å²) in [5.74, 6) is 2.37. The Hall–Kier alpha value is -1.53. The second-order valence-corrected chi connectivity index (χ2v) is 5.78. The van der Waals surface area contributed by atoms with Crippen LogP contribution in [0.15, 0.2) is 18.2 Å². The number of methoxy groups -OCH3 is 1. The third-order valence-electron chi connectivity index (χ3n) is 3.75. The average molecular weight is 258 g/mol. The number of nitriles is 1. The van der Waals surface area contributed by atoms with Crippen molar-refractivity contribution in [1.82, 2.24) is 4.90 Å². The molecular formula is C16H22N2O. The third-order valence-corrected chi connectivity index (χ3v) is 3.75. The van der Waals surface area contributed by atoms with Crippen LogP contribution < -0.4 is 4.74 Å². The van der Waals surface area contributed by atoms with Crippen LogP contribution >= 0.6 is 0 Å². The number of ether oxygens (including phenoxy) is 1. The van der Waals surface area contributed by atoms with E-state index in [9.17, 15) is 0 Å². The average Bonchev–Trinajstić information content (AvgIpc) is 2.37. The normalized spacial score (nSPS) is 23.9. The van der Waals surface area contributed by atoms with Crippen LogP contribution in [0.3, 0.4) is 0 Å². The lowest BCUT2D eigenvalue weighted by atomic mass is 9.91. The Morgan fingerprint density at radius 3 is 2.58 bits per heavy atom. The minimum atomic E-state index is 0.703. The highest BCUT2D eigenvalue weighted by Crippen LogP contribution is 2.26. The van der Waals surface area contributed by atoms with Crippen molar-refractivity contribution in [3.63, 3.8) is 0 Å². The summed E-state index contributed by atoms with van der Waals surface area (Å²) < 4.78 is 5.40. The molecule has 2 atom stereocenters. The van der Waals surface area contributed by atoms with Gasteiger partial charge in [0.05, 0.1) is 18.7 Å². The van der Waals surface area contributed by atoms with Gasteiger partial charge >= 0.3 is 0 Å². The lowest BCUT2D eigenvalue weighted by Gasteiger charge is -2.35. The Morgan fingerprint density at radius 1 is 1.32 bits per heavy atom. The van der Waals surface area contributed by atoms with Crippen LogP contribution in [0.5, 0.6) is 5.75 Å². The number of hydrogen-bond donors (Lipinski definition) is 0. The van der Waals surface area contributed by atoms with Crippen molar-refractivity contribution in [2.75, 3.05) is 20.2 Å². The standard InChI is InChI=1S/C16H22N2O/c1-12-6-13(2)10-18(9-12)11-15-7-14(8-17)4-5-16(15)19-3/h4-5,7,12-13H,6,9-11H2,1-3H3. The number of rotatable bonds is 3. The van der Waals surface area contributed by atoms with Crippen LogP contribution in [0.2, 0.25) is 0 Å². The molecule has 0 aromatic heterocycles. The van der Waals surface area contributed by atoms with Crippen LogP contribution in [-0.4, -0.2) is 25.1 Å². The smallest absolute Gasteiger partial charge is 0.123 e. The van der Waals surface area contributed by atoms with Gasteiger partial charge in [-0.25, -0.2) is 0 Å². The number of piperidine rings is 1. The van der Waals surface area contributed by atoms with Gasteiger partial charge in [0.1, 0.15) is 5.75 Å². The molecule has 2 rings (SSSR count). The Morgan fingerprint density at radius 2 is 2.00 bits per heavy atom. The molecule has 1 saturated heterocycles. The molecule has 0 amide bonds. The molecular weight excluding hydrogens is 236 g/mol. The minimum absolute atomic E-state index is 0.703. The summed E-state index contributed by atoms with van der Waals surface area (Å²) in [6.07, 6.45) is 1.31. The largest absolute Gasteiger partial charge is 0.496 e. The summed E-state index contributed by atoms with van der Waals surface area (Å²) in [4.78, 5) is 2.47. The first-order valence-electron chi connectivity index (χ1n) is 6.91. The fourth-order valence-electron chi connectivity index (χ4n) is 3.13. The maximum absolute atomic E-state index is 9.01. The minimum Gasteiger partial charge on any atom is -0.496 e. The highest BCUT2D eigenvalue weighted by molar-refractivity contribution is 5.42. The fourth-order valence-corrected chi connectivity index (χ4v) is 3.13. The quantitative estimate of drug-likeness (QED) is 0.836. The van der Waals surface area contributed by atoms with Crippen molar-refractivity contribution in [2.45, 2.75) is 26.8 Å². The van der Waals surface area contributed by atoms with E-state index in [0.717, 1.165) is 42.8 Å². The van der Waals surface area contributed by atoms with E-state index in [-0.39, 0.29) is 0 Å². The zero-order valence-electron chi connectivity index (χ0n) is 12.0. The van der Waals surface area contributed by atoms with E-state index in [4.69, 9.17) is 10.00 Å². The van der Waals surface area contributed by atoms with Gasteiger partial charge in [-0.15, -0.1) is 0 Å². The topological polar surface area (TPSA) is 36.3 Å². The Bertz CT molecular complexity index is 468. The summed E-state index contributed by atoms with van der Waals surface area (Å²) in [5.41, 5.74) is 1.82. The van der Waals surface area contributed by atoms with Crippen molar-refractivity contribution in [3.05, 3.63) is 29.3 Å².